The number of H-pyrrole nitrogens is 1. The Morgan fingerprint density at radius 3 is 2.74 bits per heavy atom. The third kappa shape index (κ3) is 4.81. The molecule has 10 nitrogen and oxygen atoms in total. The Labute approximate surface area is 207 Å². The summed E-state index contributed by atoms with van der Waals surface area (Å²) in [6, 6.07) is 9.40. The molecule has 1 N–H and O–H groups in total. The number of fused-ring (bicyclic) bond motifs is 2. The second-order valence-electron chi connectivity index (χ2n) is 8.84. The van der Waals surface area contributed by atoms with Gasteiger partial charge in [0.15, 0.2) is 4.77 Å². The number of unbranched alkanes of at least 4 members (excludes halogenated alkanes) is 2. The van der Waals surface area contributed by atoms with E-state index < -0.39 is 0 Å². The summed E-state index contributed by atoms with van der Waals surface area (Å²) < 4.78 is 3.80. The fraction of sp³-hybridized carbons (Fsp3) is 0.417. The first kappa shape index (κ1) is 23.2. The van der Waals surface area contributed by atoms with E-state index in [1.165, 1.54) is 6.33 Å². The van der Waals surface area contributed by atoms with E-state index in [0.29, 0.717) is 42.0 Å². The lowest BCUT2D eigenvalue weighted by Gasteiger charge is -2.36. The zero-order valence-corrected chi connectivity index (χ0v) is 20.5. The molecule has 1 aliphatic rings. The SMILES string of the molecule is Cc1cc(N2CCN(C(=O)CCCCCn3c(=S)[nH]c4ccccc4c3=O)CC2)n2ncnc2n1. The third-order valence-electron chi connectivity index (χ3n) is 6.48. The van der Waals surface area contributed by atoms with Crippen LogP contribution in [0.5, 0.6) is 0 Å². The van der Waals surface area contributed by atoms with Gasteiger partial charge in [-0.15, -0.1) is 0 Å². The first-order chi connectivity index (χ1) is 17.0. The monoisotopic (exact) mass is 492 g/mol. The maximum atomic E-state index is 12.7. The number of benzene rings is 1. The Bertz CT molecular complexity index is 1480. The zero-order chi connectivity index (χ0) is 24.4. The van der Waals surface area contributed by atoms with Gasteiger partial charge in [-0.1, -0.05) is 18.6 Å². The Kier molecular flexibility index (Phi) is 6.58. The van der Waals surface area contributed by atoms with Crippen LogP contribution in [0, 0.1) is 11.7 Å². The Morgan fingerprint density at radius 1 is 1.11 bits per heavy atom. The van der Waals surface area contributed by atoms with Gasteiger partial charge in [0.2, 0.25) is 5.91 Å². The van der Waals surface area contributed by atoms with E-state index in [2.05, 4.69) is 25.0 Å². The van der Waals surface area contributed by atoms with Crippen LogP contribution >= 0.6 is 12.2 Å². The van der Waals surface area contributed by atoms with Crippen molar-refractivity contribution in [2.45, 2.75) is 39.2 Å². The van der Waals surface area contributed by atoms with Gasteiger partial charge in [-0.05, 0) is 44.1 Å². The van der Waals surface area contributed by atoms with Gasteiger partial charge in [-0.25, -0.2) is 4.98 Å². The van der Waals surface area contributed by atoms with Crippen molar-refractivity contribution in [2.24, 2.45) is 0 Å². The van der Waals surface area contributed by atoms with Gasteiger partial charge in [0, 0.05) is 50.9 Å². The number of hydrogen-bond donors (Lipinski definition) is 1. The highest BCUT2D eigenvalue weighted by molar-refractivity contribution is 7.71. The van der Waals surface area contributed by atoms with Crippen molar-refractivity contribution in [3.05, 3.63) is 57.5 Å². The second kappa shape index (κ2) is 9.95. The number of carbonyl (C=O) groups is 1. The molecule has 1 aliphatic heterocycles. The van der Waals surface area contributed by atoms with Gasteiger partial charge in [-0.3, -0.25) is 14.2 Å². The van der Waals surface area contributed by atoms with E-state index in [4.69, 9.17) is 12.2 Å². The quantitative estimate of drug-likeness (QED) is 0.312. The number of nitrogens with one attached hydrogen (secondary N) is 1. The second-order valence-corrected chi connectivity index (χ2v) is 9.23. The minimum absolute atomic E-state index is 0.0640. The van der Waals surface area contributed by atoms with Gasteiger partial charge in [0.25, 0.3) is 11.3 Å². The molecule has 1 saturated heterocycles. The summed E-state index contributed by atoms with van der Waals surface area (Å²) in [5, 5.41) is 4.93. The molecule has 0 atom stereocenters. The summed E-state index contributed by atoms with van der Waals surface area (Å²) >= 11 is 5.37. The molecule has 4 aromatic rings. The van der Waals surface area contributed by atoms with Gasteiger partial charge < -0.3 is 14.8 Å². The van der Waals surface area contributed by atoms with Crippen molar-refractivity contribution in [2.75, 3.05) is 31.1 Å². The molecule has 1 fully saturated rings. The molecule has 11 heteroatoms. The molecule has 0 aliphatic carbocycles. The van der Waals surface area contributed by atoms with Crippen LogP contribution in [0.15, 0.2) is 41.5 Å². The summed E-state index contributed by atoms with van der Waals surface area (Å²) in [5.41, 5.74) is 1.59. The number of aromatic amines is 1. The van der Waals surface area contributed by atoms with E-state index in [0.717, 1.165) is 49.4 Å². The van der Waals surface area contributed by atoms with Crippen molar-refractivity contribution >= 4 is 40.6 Å². The molecule has 35 heavy (non-hydrogen) atoms. The van der Waals surface area contributed by atoms with E-state index in [1.807, 2.05) is 42.2 Å². The summed E-state index contributed by atoms with van der Waals surface area (Å²) in [6.07, 6.45) is 4.48. The molecular formula is C24H28N8O2S. The summed E-state index contributed by atoms with van der Waals surface area (Å²) in [5.74, 6) is 1.73. The smallest absolute Gasteiger partial charge is 0.262 e. The van der Waals surface area contributed by atoms with Crippen LogP contribution in [0.25, 0.3) is 16.7 Å². The predicted molar refractivity (Wildman–Crippen MR) is 136 cm³/mol. The average molecular weight is 493 g/mol. The van der Waals surface area contributed by atoms with Crippen LogP contribution in [0.2, 0.25) is 0 Å². The molecule has 0 unspecified atom stereocenters. The standard InChI is InChI=1S/C24H28N8O2S/c1-17-15-20(32-23(27-17)25-16-26-32)29-11-13-30(14-12-29)21(33)9-3-2-6-10-31-22(34)18-7-4-5-8-19(18)28-24(31)35/h4-5,7-8,15-16H,2-3,6,9-14H2,1H3,(H,28,35). The van der Waals surface area contributed by atoms with Crippen LogP contribution < -0.4 is 10.5 Å². The van der Waals surface area contributed by atoms with Gasteiger partial charge in [0.05, 0.1) is 10.9 Å². The van der Waals surface area contributed by atoms with Crippen molar-refractivity contribution in [1.82, 2.24) is 34.0 Å². The fourth-order valence-electron chi connectivity index (χ4n) is 4.60. The molecule has 3 aromatic heterocycles. The molecule has 0 spiro atoms. The first-order valence-corrected chi connectivity index (χ1v) is 12.3. The summed E-state index contributed by atoms with van der Waals surface area (Å²) in [7, 11) is 0. The number of rotatable bonds is 7. The summed E-state index contributed by atoms with van der Waals surface area (Å²) in [4.78, 5) is 41.4. The van der Waals surface area contributed by atoms with E-state index in [9.17, 15) is 9.59 Å². The normalized spacial score (nSPS) is 14.2. The molecule has 1 aromatic carbocycles. The van der Waals surface area contributed by atoms with E-state index >= 15 is 0 Å². The number of para-hydroxylation sites is 1. The number of amides is 1. The lowest BCUT2D eigenvalue weighted by atomic mass is 10.1. The van der Waals surface area contributed by atoms with Crippen LogP contribution in [0.1, 0.15) is 31.4 Å². The Balaban J connectivity index is 1.09. The molecule has 0 bridgehead atoms. The van der Waals surface area contributed by atoms with Crippen LogP contribution in [0.3, 0.4) is 0 Å². The number of carbonyl (C=O) groups excluding carboxylic acids is 1. The van der Waals surface area contributed by atoms with Crippen molar-refractivity contribution < 1.29 is 4.79 Å². The topological polar surface area (TPSA) is 104 Å². The molecule has 5 rings (SSSR count). The van der Waals surface area contributed by atoms with Gasteiger partial charge >= 0.3 is 0 Å². The van der Waals surface area contributed by atoms with Crippen LogP contribution in [0.4, 0.5) is 5.82 Å². The lowest BCUT2D eigenvalue weighted by Crippen LogP contribution is -2.49. The molecule has 182 valence electrons. The molecular weight excluding hydrogens is 464 g/mol. The number of nitrogens with zero attached hydrogens (tertiary/aromatic N) is 7. The maximum absolute atomic E-state index is 12.7. The minimum atomic E-state index is -0.0640. The van der Waals surface area contributed by atoms with Crippen LogP contribution in [-0.4, -0.2) is 66.1 Å². The molecule has 4 heterocycles. The maximum Gasteiger partial charge on any atom is 0.262 e. The first-order valence-electron chi connectivity index (χ1n) is 11.9. The highest BCUT2D eigenvalue weighted by Gasteiger charge is 2.23. The van der Waals surface area contributed by atoms with E-state index in [1.54, 1.807) is 9.08 Å². The Morgan fingerprint density at radius 2 is 1.91 bits per heavy atom. The molecule has 1 amide bonds. The Hall–Kier alpha value is -3.60. The number of anilines is 1. The van der Waals surface area contributed by atoms with Crippen molar-refractivity contribution in [3.8, 4) is 0 Å². The third-order valence-corrected chi connectivity index (χ3v) is 6.80. The lowest BCUT2D eigenvalue weighted by molar-refractivity contribution is -0.131. The summed E-state index contributed by atoms with van der Waals surface area (Å²) in [6.45, 7) is 5.34. The van der Waals surface area contributed by atoms with Crippen LogP contribution in [-0.2, 0) is 11.3 Å². The highest BCUT2D eigenvalue weighted by Crippen LogP contribution is 2.18. The number of hydrogen-bond acceptors (Lipinski definition) is 7. The minimum Gasteiger partial charge on any atom is -0.353 e. The van der Waals surface area contributed by atoms with E-state index in [-0.39, 0.29) is 11.5 Å². The predicted octanol–water partition coefficient (Wildman–Crippen LogP) is 2.71. The largest absolute Gasteiger partial charge is 0.353 e. The number of aryl methyl sites for hydroxylation is 1. The van der Waals surface area contributed by atoms with Crippen molar-refractivity contribution in [1.29, 1.82) is 0 Å². The van der Waals surface area contributed by atoms with Gasteiger partial charge in [-0.2, -0.15) is 14.6 Å². The molecule has 0 saturated carbocycles. The fourth-order valence-corrected chi connectivity index (χ4v) is 4.89. The van der Waals surface area contributed by atoms with Gasteiger partial charge in [0.1, 0.15) is 12.1 Å². The number of piperazine rings is 1. The highest BCUT2D eigenvalue weighted by atomic mass is 32.1. The zero-order valence-electron chi connectivity index (χ0n) is 19.7. The average Bonchev–Trinajstić information content (AvgIpc) is 3.33. The van der Waals surface area contributed by atoms with Crippen molar-refractivity contribution in [3.63, 3.8) is 0 Å². The molecule has 0 radical (unpaired) electrons. The number of aromatic nitrogens is 6.